The number of esters is 1. The van der Waals surface area contributed by atoms with E-state index in [0.717, 1.165) is 5.01 Å². The maximum atomic E-state index is 13.8. The van der Waals surface area contributed by atoms with Gasteiger partial charge in [-0.2, -0.15) is 31.9 Å². The SMILES string of the molecule is CC[C@@H]1CC(N(Cc2cc(C(F)(F)F)cc(C(F)(F)F)c2)c2ncc(N(C=NC)N=N)cn2)C[C@H](CC)N1C(=O)OC1CCC(C(=O)OC)CC1. The van der Waals surface area contributed by atoms with Gasteiger partial charge >= 0.3 is 24.4 Å². The molecule has 18 heteroatoms. The van der Waals surface area contributed by atoms with Crippen LogP contribution in [0.15, 0.2) is 40.8 Å². The highest BCUT2D eigenvalue weighted by atomic mass is 19.4. The number of ether oxygens (including phenoxy) is 2. The number of methoxy groups -OCH3 is 1. The van der Waals surface area contributed by atoms with Crippen LogP contribution in [-0.4, -0.2) is 71.7 Å². The standard InChI is InChI=1S/C33H42F6N8O4/c1-5-24-14-26(15-25(6-2)47(24)31(49)51-28-9-7-21(8-10-28)29(48)50-4)45(30-42-16-27(17-43-30)46(44-40)19-41-3)18-20-11-22(32(34,35)36)13-23(12-20)33(37,38)39/h11-13,16-17,19,21,24-26,28,40H,5-10,14-15,18H2,1-4H3/t21?,24-,25+,26?,28?. The fourth-order valence-corrected chi connectivity index (χ4v) is 6.83. The molecule has 2 aliphatic rings. The van der Waals surface area contributed by atoms with Crippen molar-refractivity contribution < 1.29 is 45.4 Å². The zero-order chi connectivity index (χ0) is 37.5. The second-order valence-electron chi connectivity index (χ2n) is 12.6. The highest BCUT2D eigenvalue weighted by Crippen LogP contribution is 2.39. The number of benzene rings is 1. The first-order valence-corrected chi connectivity index (χ1v) is 16.7. The molecule has 51 heavy (non-hydrogen) atoms. The van der Waals surface area contributed by atoms with Gasteiger partial charge in [0.25, 0.3) is 0 Å². The van der Waals surface area contributed by atoms with Crippen LogP contribution < -0.4 is 9.91 Å². The Morgan fingerprint density at radius 1 is 0.961 bits per heavy atom. The van der Waals surface area contributed by atoms with Crippen LogP contribution in [0, 0.1) is 11.4 Å². The third-order valence-electron chi connectivity index (χ3n) is 9.42. The number of carbonyl (C=O) groups excluding carboxylic acids is 2. The summed E-state index contributed by atoms with van der Waals surface area (Å²) in [6.07, 6.45) is -3.46. The first kappa shape index (κ1) is 39.3. The van der Waals surface area contributed by atoms with Gasteiger partial charge in [-0.3, -0.25) is 9.79 Å². The molecule has 1 aromatic heterocycles. The Morgan fingerprint density at radius 3 is 1.96 bits per heavy atom. The average molecular weight is 729 g/mol. The summed E-state index contributed by atoms with van der Waals surface area (Å²) < 4.78 is 93.6. The molecular formula is C33H42F6N8O4. The molecule has 2 heterocycles. The van der Waals surface area contributed by atoms with Crippen molar-refractivity contribution in [3.05, 3.63) is 47.3 Å². The number of amides is 1. The number of aliphatic imine (C=N–C) groups is 1. The molecule has 1 amide bonds. The molecule has 2 aromatic rings. The highest BCUT2D eigenvalue weighted by Gasteiger charge is 2.42. The number of rotatable bonds is 11. The minimum Gasteiger partial charge on any atom is -0.469 e. The van der Waals surface area contributed by atoms with Crippen molar-refractivity contribution in [3.63, 3.8) is 0 Å². The molecule has 1 unspecified atom stereocenters. The van der Waals surface area contributed by atoms with Crippen LogP contribution in [0.5, 0.6) is 0 Å². The summed E-state index contributed by atoms with van der Waals surface area (Å²) in [6.45, 7) is 3.36. The van der Waals surface area contributed by atoms with Gasteiger partial charge in [0.05, 0.1) is 36.5 Å². The van der Waals surface area contributed by atoms with Crippen LogP contribution in [0.1, 0.15) is 81.9 Å². The van der Waals surface area contributed by atoms with E-state index in [-0.39, 0.29) is 53.3 Å². The number of anilines is 2. The van der Waals surface area contributed by atoms with Crippen molar-refractivity contribution in [2.45, 2.75) is 108 Å². The number of nitrogens with zero attached hydrogens (tertiary/aromatic N) is 7. The van der Waals surface area contributed by atoms with Crippen LogP contribution in [0.4, 0.5) is 42.8 Å². The van der Waals surface area contributed by atoms with Gasteiger partial charge in [0.15, 0.2) is 0 Å². The van der Waals surface area contributed by atoms with Gasteiger partial charge in [-0.25, -0.2) is 19.8 Å². The van der Waals surface area contributed by atoms with Crippen molar-refractivity contribution in [1.29, 1.82) is 5.53 Å². The summed E-state index contributed by atoms with van der Waals surface area (Å²) in [4.78, 5) is 41.5. The number of hydrogen-bond acceptors (Lipinski definition) is 10. The molecule has 1 saturated heterocycles. The Bertz CT molecular complexity index is 1490. The molecule has 0 radical (unpaired) electrons. The minimum absolute atomic E-state index is 0.0242. The maximum Gasteiger partial charge on any atom is 0.416 e. The van der Waals surface area contributed by atoms with Crippen molar-refractivity contribution in [3.8, 4) is 0 Å². The summed E-state index contributed by atoms with van der Waals surface area (Å²) in [5.41, 5.74) is 4.51. The number of piperidine rings is 1. The monoisotopic (exact) mass is 728 g/mol. The van der Waals surface area contributed by atoms with Crippen LogP contribution in [-0.2, 0) is 33.2 Å². The van der Waals surface area contributed by atoms with E-state index in [1.54, 1.807) is 9.80 Å². The molecular weight excluding hydrogens is 686 g/mol. The van der Waals surface area contributed by atoms with Gasteiger partial charge in [0, 0.05) is 31.7 Å². The third kappa shape index (κ3) is 9.64. The zero-order valence-corrected chi connectivity index (χ0v) is 28.7. The molecule has 1 aliphatic carbocycles. The van der Waals surface area contributed by atoms with Gasteiger partial charge in [-0.15, -0.1) is 0 Å². The Balaban J connectivity index is 1.67. The Hall–Kier alpha value is -4.51. The van der Waals surface area contributed by atoms with Gasteiger partial charge in [0.1, 0.15) is 18.1 Å². The molecule has 280 valence electrons. The molecule has 0 bridgehead atoms. The van der Waals surface area contributed by atoms with Crippen molar-refractivity contribution in [2.75, 3.05) is 24.1 Å². The third-order valence-corrected chi connectivity index (χ3v) is 9.42. The summed E-state index contributed by atoms with van der Waals surface area (Å²) in [7, 11) is 2.80. The summed E-state index contributed by atoms with van der Waals surface area (Å²) in [5.74, 6) is -0.514. The lowest BCUT2D eigenvalue weighted by molar-refractivity contribution is -0.147. The molecule has 12 nitrogen and oxygen atoms in total. The summed E-state index contributed by atoms with van der Waals surface area (Å²) in [5, 5.41) is 4.40. The van der Waals surface area contributed by atoms with Crippen molar-refractivity contribution >= 4 is 30.0 Å². The smallest absolute Gasteiger partial charge is 0.416 e. The van der Waals surface area contributed by atoms with E-state index < -0.39 is 42.2 Å². The predicted octanol–water partition coefficient (Wildman–Crippen LogP) is 7.82. The summed E-state index contributed by atoms with van der Waals surface area (Å²) in [6, 6.07) is 0.166. The van der Waals surface area contributed by atoms with Gasteiger partial charge < -0.3 is 19.3 Å². The first-order valence-electron chi connectivity index (χ1n) is 16.7. The second kappa shape index (κ2) is 16.7. The van der Waals surface area contributed by atoms with Gasteiger partial charge in [0.2, 0.25) is 5.95 Å². The van der Waals surface area contributed by atoms with Gasteiger partial charge in [-0.1, -0.05) is 19.1 Å². The van der Waals surface area contributed by atoms with E-state index in [4.69, 9.17) is 15.0 Å². The Morgan fingerprint density at radius 2 is 1.51 bits per heavy atom. The molecule has 4 rings (SSSR count). The number of aromatic nitrogens is 2. The minimum atomic E-state index is -5.03. The van der Waals surface area contributed by atoms with Crippen LogP contribution in [0.3, 0.4) is 0 Å². The molecule has 1 aromatic carbocycles. The molecule has 2 fully saturated rings. The summed E-state index contributed by atoms with van der Waals surface area (Å²) >= 11 is 0. The molecule has 3 atom stereocenters. The Labute approximate surface area is 291 Å². The molecule has 1 aliphatic heterocycles. The van der Waals surface area contributed by atoms with Crippen molar-refractivity contribution in [2.24, 2.45) is 16.1 Å². The van der Waals surface area contributed by atoms with Crippen LogP contribution in [0.2, 0.25) is 0 Å². The van der Waals surface area contributed by atoms with Gasteiger partial charge in [-0.05, 0) is 75.1 Å². The number of nitrogens with one attached hydrogen (secondary N) is 1. The number of alkyl halides is 6. The fourth-order valence-electron chi connectivity index (χ4n) is 6.83. The lowest BCUT2D eigenvalue weighted by atomic mass is 9.87. The lowest BCUT2D eigenvalue weighted by Crippen LogP contribution is -2.57. The molecule has 1 N–H and O–H groups in total. The van der Waals surface area contributed by atoms with Crippen LogP contribution in [0.25, 0.3) is 0 Å². The maximum absolute atomic E-state index is 13.8. The molecule has 0 spiro atoms. The Kier molecular flexibility index (Phi) is 12.8. The van der Waals surface area contributed by atoms with Crippen molar-refractivity contribution in [1.82, 2.24) is 14.9 Å². The van der Waals surface area contributed by atoms with E-state index in [9.17, 15) is 35.9 Å². The predicted molar refractivity (Wildman–Crippen MR) is 174 cm³/mol. The highest BCUT2D eigenvalue weighted by molar-refractivity contribution is 5.77. The lowest BCUT2D eigenvalue weighted by Gasteiger charge is -2.47. The van der Waals surface area contributed by atoms with E-state index in [0.29, 0.717) is 63.5 Å². The average Bonchev–Trinajstić information content (AvgIpc) is 3.11. The fraction of sp³-hybridized carbons (Fsp3) is 0.606. The quantitative estimate of drug-likeness (QED) is 0.0618. The van der Waals surface area contributed by atoms with E-state index >= 15 is 0 Å². The number of halogens is 6. The molecule has 1 saturated carbocycles. The van der Waals surface area contributed by atoms with Crippen LogP contribution >= 0.6 is 0 Å². The largest absolute Gasteiger partial charge is 0.469 e. The first-order chi connectivity index (χ1) is 24.1. The topological polar surface area (TPSA) is 137 Å². The number of likely N-dealkylation sites (tertiary alicyclic amines) is 1. The second-order valence-corrected chi connectivity index (χ2v) is 12.6. The number of carbonyl (C=O) groups is 2. The number of hydrogen-bond donors (Lipinski definition) is 1. The normalized spacial score (nSPS) is 22.8. The van der Waals surface area contributed by atoms with E-state index in [2.05, 4.69) is 20.2 Å². The zero-order valence-electron chi connectivity index (χ0n) is 28.7. The van der Waals surface area contributed by atoms with E-state index in [1.165, 1.54) is 32.9 Å². The van der Waals surface area contributed by atoms with E-state index in [1.807, 2.05) is 13.8 Å².